The van der Waals surface area contributed by atoms with Gasteiger partial charge in [0.15, 0.2) is 0 Å². The highest BCUT2D eigenvalue weighted by Crippen LogP contribution is 2.16. The van der Waals surface area contributed by atoms with Crippen molar-refractivity contribution in [3.05, 3.63) is 0 Å². The van der Waals surface area contributed by atoms with Crippen LogP contribution in [0.2, 0.25) is 0 Å². The van der Waals surface area contributed by atoms with E-state index in [0.717, 1.165) is 0 Å². The number of rotatable bonds is 3. The van der Waals surface area contributed by atoms with Crippen molar-refractivity contribution in [2.24, 2.45) is 5.41 Å². The van der Waals surface area contributed by atoms with Crippen LogP contribution >= 0.6 is 0 Å². The van der Waals surface area contributed by atoms with Gasteiger partial charge in [0.2, 0.25) is 10.0 Å². The van der Waals surface area contributed by atoms with Gasteiger partial charge < -0.3 is 0 Å². The fourth-order valence-corrected chi connectivity index (χ4v) is 3.05. The maximum absolute atomic E-state index is 11.6. The van der Waals surface area contributed by atoms with E-state index in [4.69, 9.17) is 5.26 Å². The second-order valence-corrected chi connectivity index (χ2v) is 6.88. The van der Waals surface area contributed by atoms with E-state index in [9.17, 15) is 8.42 Å². The molecule has 0 heterocycles. The molecule has 0 amide bonds. The molecule has 0 rings (SSSR count). The second-order valence-electron chi connectivity index (χ2n) is 5.16. The first-order chi connectivity index (χ1) is 5.97. The van der Waals surface area contributed by atoms with Gasteiger partial charge in [-0.25, -0.2) is 8.42 Å². The number of nitrogens with zero attached hydrogens (tertiary/aromatic N) is 1. The fraction of sp³-hybridized carbons (Fsp3) is 0.889. The summed E-state index contributed by atoms with van der Waals surface area (Å²) < 4.78 is 25.5. The molecule has 0 aliphatic heterocycles. The molecule has 0 atom stereocenters. The Labute approximate surface area is 86.4 Å². The van der Waals surface area contributed by atoms with Crippen LogP contribution in [0.25, 0.3) is 0 Å². The van der Waals surface area contributed by atoms with Crippen LogP contribution in [0.3, 0.4) is 0 Å². The number of nitrogens with one attached hydrogen (secondary N) is 1. The van der Waals surface area contributed by atoms with E-state index in [0.29, 0.717) is 0 Å². The van der Waals surface area contributed by atoms with Gasteiger partial charge >= 0.3 is 0 Å². The Morgan fingerprint density at radius 2 is 1.64 bits per heavy atom. The molecule has 0 aromatic heterocycles. The Kier molecular flexibility index (Phi) is 3.71. The molecule has 0 unspecified atom stereocenters. The number of hydrogen-bond donors (Lipinski definition) is 1. The van der Waals surface area contributed by atoms with E-state index >= 15 is 0 Å². The van der Waals surface area contributed by atoms with Crippen molar-refractivity contribution >= 4 is 10.0 Å². The van der Waals surface area contributed by atoms with Crippen LogP contribution in [0.5, 0.6) is 0 Å². The highest BCUT2D eigenvalue weighted by molar-refractivity contribution is 7.89. The Morgan fingerprint density at radius 1 is 1.21 bits per heavy atom. The monoisotopic (exact) mass is 218 g/mol. The summed E-state index contributed by atoms with van der Waals surface area (Å²) in [5, 5.41) is 8.68. The van der Waals surface area contributed by atoms with Crippen molar-refractivity contribution in [2.45, 2.75) is 40.2 Å². The van der Waals surface area contributed by atoms with Crippen LogP contribution in [-0.2, 0) is 10.0 Å². The second kappa shape index (κ2) is 3.87. The summed E-state index contributed by atoms with van der Waals surface area (Å²) in [5.74, 6) is 0.0190. The van der Waals surface area contributed by atoms with Gasteiger partial charge in [-0.05, 0) is 19.3 Å². The normalized spacial score (nSPS) is 13.7. The summed E-state index contributed by atoms with van der Waals surface area (Å²) in [6.45, 7) is 8.59. The van der Waals surface area contributed by atoms with Gasteiger partial charge in [-0.2, -0.15) is 9.98 Å². The summed E-state index contributed by atoms with van der Waals surface area (Å²) in [4.78, 5) is 0. The lowest BCUT2D eigenvalue weighted by molar-refractivity contribution is 0.450. The topological polar surface area (TPSA) is 70.0 Å². The van der Waals surface area contributed by atoms with Gasteiger partial charge in [-0.3, -0.25) is 0 Å². The minimum atomic E-state index is -3.38. The molecule has 5 heteroatoms. The highest BCUT2D eigenvalue weighted by atomic mass is 32.2. The molecular weight excluding hydrogens is 200 g/mol. The Hall–Kier alpha value is -0.600. The average molecular weight is 218 g/mol. The summed E-state index contributed by atoms with van der Waals surface area (Å²) >= 11 is 0. The van der Waals surface area contributed by atoms with Crippen LogP contribution in [-0.4, -0.2) is 19.7 Å². The minimum absolute atomic E-state index is 0.0190. The number of nitriles is 1. The third-order valence-corrected chi connectivity index (χ3v) is 3.38. The molecule has 0 spiro atoms. The predicted octanol–water partition coefficient (Wildman–Crippen LogP) is 1.25. The quantitative estimate of drug-likeness (QED) is 0.775. The zero-order valence-electron chi connectivity index (χ0n) is 9.38. The van der Waals surface area contributed by atoms with E-state index in [1.165, 1.54) is 13.8 Å². The van der Waals surface area contributed by atoms with Gasteiger partial charge in [0.1, 0.15) is 5.54 Å². The molecule has 0 saturated heterocycles. The molecule has 0 aromatic carbocycles. The lowest BCUT2D eigenvalue weighted by Crippen LogP contribution is -2.45. The smallest absolute Gasteiger partial charge is 0.212 e. The molecule has 0 radical (unpaired) electrons. The van der Waals surface area contributed by atoms with E-state index in [1.807, 2.05) is 26.8 Å². The van der Waals surface area contributed by atoms with Gasteiger partial charge in [-0.15, -0.1) is 0 Å². The third-order valence-electron chi connectivity index (χ3n) is 1.31. The van der Waals surface area contributed by atoms with E-state index < -0.39 is 15.6 Å². The van der Waals surface area contributed by atoms with E-state index in [2.05, 4.69) is 4.72 Å². The first kappa shape index (κ1) is 13.4. The first-order valence-electron chi connectivity index (χ1n) is 4.40. The zero-order valence-corrected chi connectivity index (χ0v) is 10.2. The maximum Gasteiger partial charge on any atom is 0.213 e. The molecule has 0 fully saturated rings. The molecule has 0 aromatic rings. The van der Waals surface area contributed by atoms with Gasteiger partial charge in [-0.1, -0.05) is 20.8 Å². The van der Waals surface area contributed by atoms with Crippen molar-refractivity contribution in [3.63, 3.8) is 0 Å². The van der Waals surface area contributed by atoms with Crippen molar-refractivity contribution in [2.75, 3.05) is 5.75 Å². The summed E-state index contributed by atoms with van der Waals surface area (Å²) in [7, 11) is -3.38. The highest BCUT2D eigenvalue weighted by Gasteiger charge is 2.28. The summed E-state index contributed by atoms with van der Waals surface area (Å²) in [6.07, 6.45) is 0. The SMILES string of the molecule is CC(C)(C)CS(=O)(=O)NC(C)(C)C#N. The van der Waals surface area contributed by atoms with Crippen LogP contribution < -0.4 is 4.72 Å². The standard InChI is InChI=1S/C9H18N2O2S/c1-8(2,3)7-14(12,13)11-9(4,5)6-10/h11H,7H2,1-5H3. The van der Waals surface area contributed by atoms with E-state index in [1.54, 1.807) is 0 Å². The van der Waals surface area contributed by atoms with Gasteiger partial charge in [0.25, 0.3) is 0 Å². The van der Waals surface area contributed by atoms with Crippen molar-refractivity contribution in [1.29, 1.82) is 5.26 Å². The van der Waals surface area contributed by atoms with Crippen molar-refractivity contribution in [1.82, 2.24) is 4.72 Å². The minimum Gasteiger partial charge on any atom is -0.212 e. The molecule has 0 bridgehead atoms. The van der Waals surface area contributed by atoms with Crippen LogP contribution in [0.4, 0.5) is 0 Å². The summed E-state index contributed by atoms with van der Waals surface area (Å²) in [5.41, 5.74) is -1.35. The Bertz CT molecular complexity index is 331. The van der Waals surface area contributed by atoms with Crippen LogP contribution in [0, 0.1) is 16.7 Å². The van der Waals surface area contributed by atoms with Crippen LogP contribution in [0.1, 0.15) is 34.6 Å². The molecule has 4 nitrogen and oxygen atoms in total. The van der Waals surface area contributed by atoms with Crippen molar-refractivity contribution < 1.29 is 8.42 Å². The van der Waals surface area contributed by atoms with E-state index in [-0.39, 0.29) is 11.2 Å². The molecule has 14 heavy (non-hydrogen) atoms. The lowest BCUT2D eigenvalue weighted by atomic mass is 10.0. The Morgan fingerprint density at radius 3 is 1.93 bits per heavy atom. The maximum atomic E-state index is 11.6. The molecule has 0 aliphatic carbocycles. The molecule has 1 N–H and O–H groups in total. The van der Waals surface area contributed by atoms with Crippen LogP contribution in [0.15, 0.2) is 0 Å². The number of sulfonamides is 1. The summed E-state index contributed by atoms with van der Waals surface area (Å²) in [6, 6.07) is 1.89. The molecule has 0 saturated carbocycles. The largest absolute Gasteiger partial charge is 0.213 e. The predicted molar refractivity (Wildman–Crippen MR) is 56.1 cm³/mol. The molecular formula is C9H18N2O2S. The van der Waals surface area contributed by atoms with Gasteiger partial charge in [0.05, 0.1) is 11.8 Å². The molecule has 0 aliphatic rings. The third kappa shape index (κ3) is 5.95. The van der Waals surface area contributed by atoms with Gasteiger partial charge in [0, 0.05) is 0 Å². The average Bonchev–Trinajstić information content (AvgIpc) is 1.78. The Balaban J connectivity index is 4.63. The lowest BCUT2D eigenvalue weighted by Gasteiger charge is -2.22. The van der Waals surface area contributed by atoms with Crippen molar-refractivity contribution in [3.8, 4) is 6.07 Å². The zero-order chi connectivity index (χ0) is 11.6. The number of hydrogen-bond acceptors (Lipinski definition) is 3. The molecule has 82 valence electrons. The first-order valence-corrected chi connectivity index (χ1v) is 6.06. The fourth-order valence-electron chi connectivity index (χ4n) is 1.02.